The van der Waals surface area contributed by atoms with E-state index in [1.54, 1.807) is 0 Å². The van der Waals surface area contributed by atoms with Crippen LogP contribution in [0.25, 0.3) is 21.3 Å². The number of aromatic nitrogens is 2. The maximum absolute atomic E-state index is 12.5. The van der Waals surface area contributed by atoms with E-state index in [0.717, 1.165) is 15.8 Å². The minimum Gasteiger partial charge on any atom is -0.408 e. The molecule has 2 aromatic carbocycles. The molecule has 9 nitrogen and oxygen atoms in total. The second-order valence-electron chi connectivity index (χ2n) is 6.74. The van der Waals surface area contributed by atoms with Crippen LogP contribution in [0.2, 0.25) is 0 Å². The first kappa shape index (κ1) is 20.3. The first-order chi connectivity index (χ1) is 14.2. The molecule has 0 unspecified atom stereocenters. The molecular weight excluding hydrogens is 428 g/mol. The second kappa shape index (κ2) is 7.67. The highest BCUT2D eigenvalue weighted by Crippen LogP contribution is 2.26. The highest BCUT2D eigenvalue weighted by Gasteiger charge is 2.17. The molecule has 0 saturated carbocycles. The number of hydrogen-bond acceptors (Lipinski definition) is 7. The number of amides is 1. The van der Waals surface area contributed by atoms with E-state index in [2.05, 4.69) is 15.0 Å². The molecule has 11 heteroatoms. The topological polar surface area (TPSA) is 123 Å². The number of nitrogens with one attached hydrogen (secondary N) is 2. The molecule has 2 heterocycles. The van der Waals surface area contributed by atoms with Gasteiger partial charge in [-0.05, 0) is 36.8 Å². The van der Waals surface area contributed by atoms with Crippen LogP contribution in [0.15, 0.2) is 50.5 Å². The van der Waals surface area contributed by atoms with Crippen LogP contribution in [-0.2, 0) is 21.9 Å². The number of sulfonamides is 1. The van der Waals surface area contributed by atoms with Crippen LogP contribution in [0.3, 0.4) is 0 Å². The molecule has 4 aromatic rings. The Morgan fingerprint density at radius 1 is 1.23 bits per heavy atom. The van der Waals surface area contributed by atoms with Crippen LogP contribution < -0.4 is 15.8 Å². The molecule has 2 aromatic heterocycles. The van der Waals surface area contributed by atoms with Gasteiger partial charge in [0, 0.05) is 26.1 Å². The highest BCUT2D eigenvalue weighted by molar-refractivity contribution is 7.89. The van der Waals surface area contributed by atoms with Gasteiger partial charge in [-0.15, -0.1) is 0 Å². The first-order valence-corrected chi connectivity index (χ1v) is 11.3. The van der Waals surface area contributed by atoms with Crippen molar-refractivity contribution in [2.75, 3.05) is 11.9 Å². The van der Waals surface area contributed by atoms with Crippen LogP contribution in [0, 0.1) is 6.92 Å². The standard InChI is InChI=1S/C19H18N4O5S2/c1-11-3-5-13-16(9-11)29-18(21-13)22-17(24)7-8-20-30(26,27)12-4-6-14-15(10-12)28-19(25)23(14)2/h3-6,9-10,20H,7-8H2,1-2H3,(H,21,22,24). The lowest BCUT2D eigenvalue weighted by atomic mass is 10.2. The molecule has 1 amide bonds. The fraction of sp³-hybridized carbons (Fsp3) is 0.211. The minimum atomic E-state index is -3.86. The molecule has 0 fully saturated rings. The molecular formula is C19H18N4O5S2. The van der Waals surface area contributed by atoms with Crippen LogP contribution in [0.4, 0.5) is 5.13 Å². The van der Waals surface area contributed by atoms with Crippen molar-refractivity contribution in [3.05, 3.63) is 52.5 Å². The van der Waals surface area contributed by atoms with E-state index in [-0.39, 0.29) is 29.4 Å². The average Bonchev–Trinajstić information content (AvgIpc) is 3.20. The van der Waals surface area contributed by atoms with E-state index in [0.29, 0.717) is 10.6 Å². The SMILES string of the molecule is Cc1ccc2nc(NC(=O)CCNS(=O)(=O)c3ccc4c(c3)oc(=O)n4C)sc2c1. The fourth-order valence-corrected chi connectivity index (χ4v) is 4.96. The lowest BCUT2D eigenvalue weighted by molar-refractivity contribution is -0.116. The molecule has 0 aliphatic rings. The summed E-state index contributed by atoms with van der Waals surface area (Å²) in [6.45, 7) is 1.89. The van der Waals surface area contributed by atoms with Gasteiger partial charge in [-0.2, -0.15) is 0 Å². The number of aryl methyl sites for hydroxylation is 2. The number of carbonyl (C=O) groups is 1. The van der Waals surface area contributed by atoms with Gasteiger partial charge in [-0.25, -0.2) is 22.9 Å². The number of rotatable bonds is 6. The Morgan fingerprint density at radius 2 is 2.03 bits per heavy atom. The lowest BCUT2D eigenvalue weighted by Crippen LogP contribution is -2.27. The summed E-state index contributed by atoms with van der Waals surface area (Å²) in [6.07, 6.45) is -0.0587. The van der Waals surface area contributed by atoms with Crippen LogP contribution in [0.5, 0.6) is 0 Å². The van der Waals surface area contributed by atoms with Crippen LogP contribution in [-0.4, -0.2) is 30.4 Å². The van der Waals surface area contributed by atoms with E-state index in [1.807, 2.05) is 25.1 Å². The Labute approximate surface area is 175 Å². The minimum absolute atomic E-state index is 0.0497. The number of oxazole rings is 1. The molecule has 0 atom stereocenters. The molecule has 0 bridgehead atoms. The van der Waals surface area contributed by atoms with E-state index in [9.17, 15) is 18.0 Å². The van der Waals surface area contributed by atoms with Gasteiger partial charge in [-0.3, -0.25) is 9.36 Å². The number of anilines is 1. The van der Waals surface area contributed by atoms with Gasteiger partial charge < -0.3 is 9.73 Å². The quantitative estimate of drug-likeness (QED) is 0.469. The van der Waals surface area contributed by atoms with Gasteiger partial charge in [0.25, 0.3) is 0 Å². The summed E-state index contributed by atoms with van der Waals surface area (Å²) in [5.74, 6) is -0.924. The number of benzene rings is 2. The van der Waals surface area contributed by atoms with Gasteiger partial charge in [0.15, 0.2) is 10.7 Å². The van der Waals surface area contributed by atoms with Crippen molar-refractivity contribution in [1.29, 1.82) is 0 Å². The van der Waals surface area contributed by atoms with E-state index < -0.39 is 15.8 Å². The van der Waals surface area contributed by atoms with E-state index >= 15 is 0 Å². The molecule has 0 saturated heterocycles. The average molecular weight is 447 g/mol. The van der Waals surface area contributed by atoms with Crippen LogP contribution >= 0.6 is 11.3 Å². The lowest BCUT2D eigenvalue weighted by Gasteiger charge is -2.06. The Morgan fingerprint density at radius 3 is 2.83 bits per heavy atom. The number of carbonyl (C=O) groups excluding carboxylic acids is 1. The van der Waals surface area contributed by atoms with E-state index in [1.165, 1.54) is 41.2 Å². The Kier molecular flexibility index (Phi) is 5.18. The normalized spacial score (nSPS) is 11.9. The summed E-state index contributed by atoms with van der Waals surface area (Å²) < 4.78 is 34.6. The van der Waals surface area contributed by atoms with Gasteiger partial charge in [0.2, 0.25) is 15.9 Å². The molecule has 4 rings (SSSR count). The number of nitrogens with zero attached hydrogens (tertiary/aromatic N) is 2. The Hall–Kier alpha value is -3.02. The molecule has 156 valence electrons. The van der Waals surface area contributed by atoms with E-state index in [4.69, 9.17) is 4.42 Å². The zero-order valence-corrected chi connectivity index (χ0v) is 17.8. The smallest absolute Gasteiger partial charge is 0.408 e. The molecule has 0 radical (unpaired) electrons. The van der Waals surface area contributed by atoms with Crippen molar-refractivity contribution in [3.63, 3.8) is 0 Å². The second-order valence-corrected chi connectivity index (χ2v) is 9.54. The largest absolute Gasteiger partial charge is 0.419 e. The summed E-state index contributed by atoms with van der Waals surface area (Å²) in [7, 11) is -2.33. The fourth-order valence-electron chi connectivity index (χ4n) is 2.93. The molecule has 0 aliphatic carbocycles. The van der Waals surface area contributed by atoms with Crippen LogP contribution in [0.1, 0.15) is 12.0 Å². The third-order valence-corrected chi connectivity index (χ3v) is 6.90. The number of fused-ring (bicyclic) bond motifs is 2. The van der Waals surface area contributed by atoms with Gasteiger partial charge in [-0.1, -0.05) is 17.4 Å². The number of thiazole rings is 1. The molecule has 30 heavy (non-hydrogen) atoms. The maximum atomic E-state index is 12.5. The van der Waals surface area contributed by atoms with Gasteiger partial charge >= 0.3 is 5.76 Å². The Bertz CT molecular complexity index is 1430. The van der Waals surface area contributed by atoms with Crippen molar-refractivity contribution in [2.45, 2.75) is 18.2 Å². The third kappa shape index (κ3) is 3.99. The van der Waals surface area contributed by atoms with Crippen molar-refractivity contribution in [2.24, 2.45) is 7.05 Å². The van der Waals surface area contributed by atoms with Crippen molar-refractivity contribution < 1.29 is 17.6 Å². The molecule has 0 aliphatic heterocycles. The zero-order chi connectivity index (χ0) is 21.5. The van der Waals surface area contributed by atoms with Crippen molar-refractivity contribution in [1.82, 2.24) is 14.3 Å². The zero-order valence-electron chi connectivity index (χ0n) is 16.1. The predicted octanol–water partition coefficient (Wildman–Crippen LogP) is 2.36. The summed E-state index contributed by atoms with van der Waals surface area (Å²) in [5.41, 5.74) is 2.56. The molecule has 2 N–H and O–H groups in total. The summed E-state index contributed by atoms with van der Waals surface area (Å²) >= 11 is 1.36. The highest BCUT2D eigenvalue weighted by atomic mass is 32.2. The number of hydrogen-bond donors (Lipinski definition) is 2. The maximum Gasteiger partial charge on any atom is 0.419 e. The monoisotopic (exact) mass is 446 g/mol. The summed E-state index contributed by atoms with van der Waals surface area (Å²) in [5, 5.41) is 3.16. The predicted molar refractivity (Wildman–Crippen MR) is 114 cm³/mol. The molecule has 0 spiro atoms. The third-order valence-electron chi connectivity index (χ3n) is 4.51. The Balaban J connectivity index is 1.38. The van der Waals surface area contributed by atoms with Crippen molar-refractivity contribution >= 4 is 53.7 Å². The summed E-state index contributed by atoms with van der Waals surface area (Å²) in [6, 6.07) is 9.97. The first-order valence-electron chi connectivity index (χ1n) is 8.99. The van der Waals surface area contributed by atoms with Crippen molar-refractivity contribution in [3.8, 4) is 0 Å². The summed E-state index contributed by atoms with van der Waals surface area (Å²) in [4.78, 5) is 28.0. The van der Waals surface area contributed by atoms with Gasteiger partial charge in [0.05, 0.1) is 20.6 Å². The van der Waals surface area contributed by atoms with Gasteiger partial charge in [0.1, 0.15) is 0 Å².